The summed E-state index contributed by atoms with van der Waals surface area (Å²) in [5, 5.41) is 21.5. The van der Waals surface area contributed by atoms with E-state index in [9.17, 15) is 30.9 Å². The molecule has 0 unspecified atom stereocenters. The van der Waals surface area contributed by atoms with Crippen LogP contribution in [-0.2, 0) is 31.8 Å². The van der Waals surface area contributed by atoms with Crippen LogP contribution in [0, 0.1) is 11.3 Å². The van der Waals surface area contributed by atoms with Gasteiger partial charge in [-0.05, 0) is 56.9 Å². The van der Waals surface area contributed by atoms with Gasteiger partial charge in [-0.1, -0.05) is 37.1 Å². The van der Waals surface area contributed by atoms with Crippen molar-refractivity contribution in [3.05, 3.63) is 28.8 Å². The minimum atomic E-state index is -4.35. The fourth-order valence-corrected chi connectivity index (χ4v) is 9.76. The zero-order valence-corrected chi connectivity index (χ0v) is 30.6. The lowest BCUT2D eigenvalue weighted by molar-refractivity contribution is 0.0660. The van der Waals surface area contributed by atoms with Crippen molar-refractivity contribution in [2.24, 2.45) is 7.05 Å². The van der Waals surface area contributed by atoms with Crippen LogP contribution in [0.25, 0.3) is 27.2 Å². The third-order valence-electron chi connectivity index (χ3n) is 8.42. The molecule has 0 spiro atoms. The molecule has 47 heavy (non-hydrogen) atoms. The molecule has 12 nitrogen and oxygen atoms in total. The zero-order chi connectivity index (χ0) is 34.5. The van der Waals surface area contributed by atoms with E-state index < -0.39 is 50.3 Å². The van der Waals surface area contributed by atoms with Crippen LogP contribution < -0.4 is 0 Å². The second-order valence-corrected chi connectivity index (χ2v) is 24.3. The molecule has 0 saturated heterocycles. The number of hydrogen-bond donors (Lipinski definition) is 0. The van der Waals surface area contributed by atoms with Gasteiger partial charge in [0.15, 0.2) is 10.0 Å². The van der Waals surface area contributed by atoms with Gasteiger partial charge >= 0.3 is 0 Å². The number of nitriles is 1. The molecule has 5 rings (SSSR count). The fourth-order valence-electron chi connectivity index (χ4n) is 5.40. The first kappa shape index (κ1) is 35.6. The van der Waals surface area contributed by atoms with Crippen molar-refractivity contribution < 1.29 is 30.4 Å². The number of sulfonamides is 2. The van der Waals surface area contributed by atoms with Gasteiger partial charge in [-0.3, -0.25) is 4.68 Å². The largest absolute Gasteiger partial charge is 0.365 e. The van der Waals surface area contributed by atoms with Crippen molar-refractivity contribution in [3.63, 3.8) is 0 Å². The number of rotatable bonds is 13. The van der Waals surface area contributed by atoms with Gasteiger partial charge in [0.1, 0.15) is 18.0 Å². The van der Waals surface area contributed by atoms with Crippen LogP contribution in [0.1, 0.15) is 50.1 Å². The van der Waals surface area contributed by atoms with E-state index in [4.69, 9.17) is 4.74 Å². The quantitative estimate of drug-likeness (QED) is 0.131. The number of benzene rings is 1. The van der Waals surface area contributed by atoms with E-state index in [0.717, 1.165) is 10.3 Å². The minimum Gasteiger partial charge on any atom is -0.365 e. The summed E-state index contributed by atoms with van der Waals surface area (Å²) >= 11 is 0.667. The van der Waals surface area contributed by atoms with Crippen LogP contribution in [0.3, 0.4) is 0 Å². The first-order chi connectivity index (χ1) is 21.9. The SMILES string of the molecule is CC(C)S(=O)(=O)N1CC=C(c2cc(S(=O)(=O)N(COCC[Si](C)(C)C)C3(C#N)CC3)cc3c(-c4nnc(C(F)F)s4)nn(C)c23)CC1. The molecule has 2 aromatic heterocycles. The summed E-state index contributed by atoms with van der Waals surface area (Å²) in [5.41, 5.74) is 0.681. The number of aromatic nitrogens is 4. The summed E-state index contributed by atoms with van der Waals surface area (Å²) in [5.74, 6) is 0. The second-order valence-electron chi connectivity index (χ2n) is 13.4. The first-order valence-corrected chi connectivity index (χ1v) is 22.7. The number of ether oxygens (including phenoxy) is 1. The highest BCUT2D eigenvalue weighted by Gasteiger charge is 2.54. The van der Waals surface area contributed by atoms with E-state index >= 15 is 0 Å². The van der Waals surface area contributed by atoms with Crippen LogP contribution in [0.4, 0.5) is 8.78 Å². The van der Waals surface area contributed by atoms with Crippen molar-refractivity contribution in [2.45, 2.75) is 80.9 Å². The lowest BCUT2D eigenvalue weighted by Crippen LogP contribution is -2.43. The van der Waals surface area contributed by atoms with Gasteiger partial charge in [0.05, 0.1) is 21.7 Å². The van der Waals surface area contributed by atoms with Crippen LogP contribution >= 0.6 is 11.3 Å². The van der Waals surface area contributed by atoms with Gasteiger partial charge in [-0.15, -0.1) is 10.2 Å². The number of hydrogen-bond acceptors (Lipinski definition) is 10. The van der Waals surface area contributed by atoms with Crippen molar-refractivity contribution in [2.75, 3.05) is 26.4 Å². The second kappa shape index (κ2) is 13.0. The molecule has 2 aliphatic rings. The summed E-state index contributed by atoms with van der Waals surface area (Å²) in [7, 11) is -7.68. The Labute approximate surface area is 279 Å². The number of halogens is 2. The molecule has 1 aromatic carbocycles. The van der Waals surface area contributed by atoms with Gasteiger partial charge in [0.25, 0.3) is 6.43 Å². The molecule has 256 valence electrons. The van der Waals surface area contributed by atoms with Crippen LogP contribution in [0.5, 0.6) is 0 Å². The highest BCUT2D eigenvalue weighted by molar-refractivity contribution is 7.89. The van der Waals surface area contributed by atoms with Gasteiger partial charge in [0, 0.05) is 45.8 Å². The van der Waals surface area contributed by atoms with Gasteiger partial charge in [0.2, 0.25) is 20.0 Å². The van der Waals surface area contributed by atoms with Gasteiger partial charge in [-0.2, -0.15) is 19.0 Å². The predicted molar refractivity (Wildman–Crippen MR) is 178 cm³/mol. The molecule has 0 amide bonds. The molecule has 3 aromatic rings. The van der Waals surface area contributed by atoms with Crippen molar-refractivity contribution in [1.29, 1.82) is 5.26 Å². The molecule has 0 bridgehead atoms. The summed E-state index contributed by atoms with van der Waals surface area (Å²) < 4.78 is 91.5. The Kier molecular flexibility index (Phi) is 9.85. The average Bonchev–Trinajstić information content (AvgIpc) is 3.48. The number of nitrogens with zero attached hydrogens (tertiary/aromatic N) is 7. The van der Waals surface area contributed by atoms with E-state index in [2.05, 4.69) is 41.0 Å². The summed E-state index contributed by atoms with van der Waals surface area (Å²) in [6.45, 7) is 10.1. The van der Waals surface area contributed by atoms with Crippen LogP contribution in [-0.4, -0.2) is 90.7 Å². The highest BCUT2D eigenvalue weighted by atomic mass is 32.2. The zero-order valence-electron chi connectivity index (χ0n) is 27.2. The topological polar surface area (TPSA) is 151 Å². The van der Waals surface area contributed by atoms with Crippen molar-refractivity contribution >= 4 is 55.9 Å². The Balaban J connectivity index is 1.65. The molecule has 1 aliphatic heterocycles. The molecule has 0 atom stereocenters. The highest BCUT2D eigenvalue weighted by Crippen LogP contribution is 2.45. The summed E-state index contributed by atoms with van der Waals surface area (Å²) in [6.07, 6.45) is -0.0590. The standard InChI is InChI=1S/C29H39F2N7O5S3Si/c1-19(2)45(39,40)37-11-7-20(8-12-37)22-15-21(16-23-24(35-36(3)25(22)23)27-33-34-28(44-27)26(30)31)46(41,42)38(29(17-32)9-10-29)18-43-13-14-47(4,5)6/h7,15-16,19,26H,8-14,18H2,1-6H3. The van der Waals surface area contributed by atoms with Crippen LogP contribution in [0.2, 0.25) is 25.7 Å². The van der Waals surface area contributed by atoms with Gasteiger partial charge < -0.3 is 4.74 Å². The van der Waals surface area contributed by atoms with Crippen LogP contribution in [0.15, 0.2) is 23.1 Å². The summed E-state index contributed by atoms with van der Waals surface area (Å²) in [6, 6.07) is 5.95. The maximum atomic E-state index is 14.5. The number of aryl methyl sites for hydroxylation is 1. The molecule has 0 N–H and O–H groups in total. The molecule has 0 radical (unpaired) electrons. The molecule has 1 fully saturated rings. The maximum absolute atomic E-state index is 14.5. The number of fused-ring (bicyclic) bond motifs is 1. The number of alkyl halides is 2. The molecular formula is C29H39F2N7O5S3Si. The Morgan fingerprint density at radius 3 is 2.40 bits per heavy atom. The molecule has 1 aliphatic carbocycles. The lowest BCUT2D eigenvalue weighted by atomic mass is 9.97. The molecule has 18 heteroatoms. The minimum absolute atomic E-state index is 0.0976. The normalized spacial score (nSPS) is 17.5. The van der Waals surface area contributed by atoms with E-state index in [0.29, 0.717) is 59.2 Å². The fraction of sp³-hybridized carbons (Fsp3) is 0.586. The molecule has 3 heterocycles. The average molecular weight is 728 g/mol. The third kappa shape index (κ3) is 7.07. The first-order valence-electron chi connectivity index (χ1n) is 15.2. The Hall–Kier alpha value is -2.66. The van der Waals surface area contributed by atoms with E-state index in [1.165, 1.54) is 21.1 Å². The summed E-state index contributed by atoms with van der Waals surface area (Å²) in [4.78, 5) is -0.124. The van der Waals surface area contributed by atoms with E-state index in [1.807, 2.05) is 0 Å². The van der Waals surface area contributed by atoms with E-state index in [-0.39, 0.29) is 35.4 Å². The molecule has 1 saturated carbocycles. The lowest BCUT2D eigenvalue weighted by Gasteiger charge is -2.29. The van der Waals surface area contributed by atoms with Crippen molar-refractivity contribution in [3.8, 4) is 16.8 Å². The predicted octanol–water partition coefficient (Wildman–Crippen LogP) is 5.22. The van der Waals surface area contributed by atoms with Crippen molar-refractivity contribution in [1.82, 2.24) is 28.6 Å². The monoisotopic (exact) mass is 727 g/mol. The Bertz CT molecular complexity index is 1960. The maximum Gasteiger partial charge on any atom is 0.291 e. The van der Waals surface area contributed by atoms with E-state index in [1.54, 1.807) is 27.0 Å². The van der Waals surface area contributed by atoms with Gasteiger partial charge in [-0.25, -0.2) is 25.6 Å². The molecular weight excluding hydrogens is 689 g/mol. The Morgan fingerprint density at radius 2 is 1.87 bits per heavy atom. The smallest absolute Gasteiger partial charge is 0.291 e. The Morgan fingerprint density at radius 1 is 1.17 bits per heavy atom. The third-order valence-corrected chi connectivity index (χ3v) is 15.2.